The van der Waals surface area contributed by atoms with E-state index in [9.17, 15) is 18.8 Å². The van der Waals surface area contributed by atoms with Crippen LogP contribution in [0.15, 0.2) is 48.2 Å². The Bertz CT molecular complexity index is 1280. The quantitative estimate of drug-likeness (QED) is 0.449. The Kier molecular flexibility index (Phi) is 6.42. The zero-order valence-corrected chi connectivity index (χ0v) is 20.7. The van der Waals surface area contributed by atoms with Gasteiger partial charge in [0.2, 0.25) is 5.91 Å². The molecule has 0 aromatic heterocycles. The molecule has 2 aromatic carbocycles. The van der Waals surface area contributed by atoms with Crippen LogP contribution in [-0.2, 0) is 9.59 Å². The van der Waals surface area contributed by atoms with Gasteiger partial charge in [-0.25, -0.2) is 14.1 Å². The second-order valence-corrected chi connectivity index (χ2v) is 9.46. The Balaban J connectivity index is 1.56. The molecule has 2 aliphatic rings. The number of carbonyl (C=O) groups is 3. The molecule has 35 heavy (non-hydrogen) atoms. The molecule has 182 valence electrons. The minimum atomic E-state index is -0.709. The van der Waals surface area contributed by atoms with Crippen LogP contribution < -0.4 is 15.5 Å². The van der Waals surface area contributed by atoms with Gasteiger partial charge >= 0.3 is 6.03 Å². The number of halogens is 2. The summed E-state index contributed by atoms with van der Waals surface area (Å²) in [5.41, 5.74) is 3.88. The van der Waals surface area contributed by atoms with Crippen molar-refractivity contribution in [1.29, 1.82) is 0 Å². The monoisotopic (exact) mass is 496 g/mol. The number of hydrogen-bond donors (Lipinski definition) is 2. The maximum Gasteiger partial charge on any atom is 0.329 e. The van der Waals surface area contributed by atoms with Gasteiger partial charge in [-0.15, -0.1) is 0 Å². The number of likely N-dealkylation sites (N-methyl/N-ethyl adjacent to an activating group) is 1. The third kappa shape index (κ3) is 4.79. The molecule has 2 heterocycles. The second kappa shape index (κ2) is 9.19. The highest BCUT2D eigenvalue weighted by molar-refractivity contribution is 6.32. The van der Waals surface area contributed by atoms with E-state index in [0.29, 0.717) is 16.3 Å². The van der Waals surface area contributed by atoms with Gasteiger partial charge in [-0.3, -0.25) is 9.59 Å². The van der Waals surface area contributed by atoms with Crippen molar-refractivity contribution in [3.05, 3.63) is 70.1 Å². The summed E-state index contributed by atoms with van der Waals surface area (Å²) >= 11 is 6.59. The second-order valence-electron chi connectivity index (χ2n) is 9.05. The zero-order chi connectivity index (χ0) is 25.5. The van der Waals surface area contributed by atoms with Gasteiger partial charge in [0.05, 0.1) is 5.54 Å². The van der Waals surface area contributed by atoms with E-state index < -0.39 is 30.2 Å². The molecule has 1 fully saturated rings. The molecule has 0 spiro atoms. The van der Waals surface area contributed by atoms with Crippen molar-refractivity contribution in [1.82, 2.24) is 10.2 Å². The zero-order valence-electron chi connectivity index (χ0n) is 19.9. The first kappa shape index (κ1) is 24.5. The first-order chi connectivity index (χ1) is 16.5. The largest absolute Gasteiger partial charge is 0.363 e. The van der Waals surface area contributed by atoms with E-state index >= 15 is 0 Å². The average molecular weight is 497 g/mol. The number of urea groups is 1. The third-order valence-electron chi connectivity index (χ3n) is 6.10. The number of amides is 4. The molecule has 0 unspecified atom stereocenters. The standard InChI is InChI=1S/C26H26ClFN4O3/c1-5-32-22-12-20(27)16(10-19(22)15(2)13-26(32,3)4)11-21-24(34)31(25(35)30-21)14-23(33)29-18-8-6-17(28)7-9-18/h6-13H,5,14H2,1-4H3,(H,29,33)(H,30,35)/b21-11+. The summed E-state index contributed by atoms with van der Waals surface area (Å²) in [6.45, 7) is 8.70. The molecule has 7 nitrogen and oxygen atoms in total. The summed E-state index contributed by atoms with van der Waals surface area (Å²) in [6.07, 6.45) is 3.71. The predicted molar refractivity (Wildman–Crippen MR) is 135 cm³/mol. The molecular formula is C26H26ClFN4O3. The fourth-order valence-corrected chi connectivity index (χ4v) is 4.76. The number of allylic oxidation sites excluding steroid dienone is 1. The van der Waals surface area contributed by atoms with Gasteiger partial charge in [0, 0.05) is 28.5 Å². The van der Waals surface area contributed by atoms with E-state index in [2.05, 4.69) is 42.4 Å². The van der Waals surface area contributed by atoms with E-state index in [1.165, 1.54) is 30.3 Å². The van der Waals surface area contributed by atoms with Gasteiger partial charge in [-0.05, 0) is 81.3 Å². The van der Waals surface area contributed by atoms with Crippen LogP contribution in [0.25, 0.3) is 11.6 Å². The maximum absolute atomic E-state index is 13.1. The highest BCUT2D eigenvalue weighted by Gasteiger charge is 2.35. The van der Waals surface area contributed by atoms with Crippen molar-refractivity contribution >= 4 is 52.5 Å². The molecule has 1 saturated heterocycles. The van der Waals surface area contributed by atoms with Gasteiger partial charge in [0.15, 0.2) is 0 Å². The van der Waals surface area contributed by atoms with Crippen molar-refractivity contribution in [3.63, 3.8) is 0 Å². The minimum absolute atomic E-state index is 0.0246. The highest BCUT2D eigenvalue weighted by atomic mass is 35.5. The SMILES string of the molecule is CCN1c2cc(Cl)c(/C=C3/NC(=O)N(CC(=O)Nc4ccc(F)cc4)C3=O)cc2C(C)=CC1(C)C. The average Bonchev–Trinajstić information content (AvgIpc) is 3.03. The number of fused-ring (bicyclic) bond motifs is 1. The van der Waals surface area contributed by atoms with Gasteiger partial charge < -0.3 is 15.5 Å². The highest BCUT2D eigenvalue weighted by Crippen LogP contribution is 2.41. The lowest BCUT2D eigenvalue weighted by atomic mass is 9.88. The molecule has 2 aliphatic heterocycles. The number of hydrogen-bond acceptors (Lipinski definition) is 4. The van der Waals surface area contributed by atoms with E-state index in [-0.39, 0.29) is 11.2 Å². The summed E-state index contributed by atoms with van der Waals surface area (Å²) < 4.78 is 13.1. The lowest BCUT2D eigenvalue weighted by molar-refractivity contribution is -0.127. The van der Waals surface area contributed by atoms with Crippen LogP contribution in [0, 0.1) is 5.82 Å². The van der Waals surface area contributed by atoms with E-state index in [1.54, 1.807) is 0 Å². The Morgan fingerprint density at radius 2 is 1.89 bits per heavy atom. The number of rotatable bonds is 5. The molecule has 0 bridgehead atoms. The first-order valence-corrected chi connectivity index (χ1v) is 11.6. The Labute approximate surface area is 208 Å². The van der Waals surface area contributed by atoms with Crippen molar-refractivity contribution in [2.45, 2.75) is 33.2 Å². The van der Waals surface area contributed by atoms with Crippen LogP contribution in [0.5, 0.6) is 0 Å². The number of nitrogens with one attached hydrogen (secondary N) is 2. The lowest BCUT2D eigenvalue weighted by Crippen LogP contribution is -2.44. The van der Waals surface area contributed by atoms with Crippen LogP contribution in [0.1, 0.15) is 38.8 Å². The molecule has 0 radical (unpaired) electrons. The molecule has 2 N–H and O–H groups in total. The van der Waals surface area contributed by atoms with E-state index in [4.69, 9.17) is 11.6 Å². The van der Waals surface area contributed by atoms with Crippen LogP contribution >= 0.6 is 11.6 Å². The van der Waals surface area contributed by atoms with Gasteiger partial charge in [0.1, 0.15) is 18.1 Å². The molecule has 0 aliphatic carbocycles. The molecule has 9 heteroatoms. The van der Waals surface area contributed by atoms with Crippen LogP contribution in [0.4, 0.5) is 20.6 Å². The van der Waals surface area contributed by atoms with Gasteiger partial charge in [0.25, 0.3) is 5.91 Å². The summed E-state index contributed by atoms with van der Waals surface area (Å²) in [4.78, 5) is 40.7. The summed E-state index contributed by atoms with van der Waals surface area (Å²) in [7, 11) is 0. The summed E-state index contributed by atoms with van der Waals surface area (Å²) in [6, 6.07) is 8.24. The number of imide groups is 1. The number of carbonyl (C=O) groups excluding carboxylic acids is 3. The molecule has 4 rings (SSSR count). The van der Waals surface area contributed by atoms with Crippen LogP contribution in [0.3, 0.4) is 0 Å². The van der Waals surface area contributed by atoms with Crippen molar-refractivity contribution in [2.75, 3.05) is 23.3 Å². The topological polar surface area (TPSA) is 81.8 Å². The minimum Gasteiger partial charge on any atom is -0.363 e. The molecule has 0 saturated carbocycles. The first-order valence-electron chi connectivity index (χ1n) is 11.2. The number of benzene rings is 2. The molecule has 2 aromatic rings. The van der Waals surface area contributed by atoms with Gasteiger partial charge in [-0.1, -0.05) is 17.7 Å². The van der Waals surface area contributed by atoms with Gasteiger partial charge in [-0.2, -0.15) is 0 Å². The molecule has 0 atom stereocenters. The maximum atomic E-state index is 13.1. The predicted octanol–water partition coefficient (Wildman–Crippen LogP) is 5.03. The normalized spacial score (nSPS) is 17.9. The smallest absolute Gasteiger partial charge is 0.329 e. The Hall–Kier alpha value is -3.65. The summed E-state index contributed by atoms with van der Waals surface area (Å²) in [5.74, 6) is -1.66. The number of nitrogens with zero attached hydrogens (tertiary/aromatic N) is 2. The summed E-state index contributed by atoms with van der Waals surface area (Å²) in [5, 5.41) is 5.49. The van der Waals surface area contributed by atoms with Crippen LogP contribution in [-0.4, -0.2) is 41.4 Å². The third-order valence-corrected chi connectivity index (χ3v) is 6.43. The van der Waals surface area contributed by atoms with E-state index in [0.717, 1.165) is 28.3 Å². The molecule has 4 amide bonds. The van der Waals surface area contributed by atoms with Crippen molar-refractivity contribution in [2.24, 2.45) is 0 Å². The van der Waals surface area contributed by atoms with Crippen molar-refractivity contribution in [3.8, 4) is 0 Å². The fourth-order valence-electron chi connectivity index (χ4n) is 4.55. The van der Waals surface area contributed by atoms with Crippen molar-refractivity contribution < 1.29 is 18.8 Å². The van der Waals surface area contributed by atoms with Crippen LogP contribution in [0.2, 0.25) is 5.02 Å². The lowest BCUT2D eigenvalue weighted by Gasteiger charge is -2.43. The van der Waals surface area contributed by atoms with E-state index in [1.807, 2.05) is 19.1 Å². The Morgan fingerprint density at radius 3 is 2.54 bits per heavy atom. The fraction of sp³-hybridized carbons (Fsp3) is 0.269. The Morgan fingerprint density at radius 1 is 1.20 bits per heavy atom. The number of anilines is 2. The molecular weight excluding hydrogens is 471 g/mol.